The van der Waals surface area contributed by atoms with Crippen LogP contribution in [-0.4, -0.2) is 36.7 Å². The molecule has 0 aliphatic rings. The predicted octanol–water partition coefficient (Wildman–Crippen LogP) is 6.94. The van der Waals surface area contributed by atoms with Crippen LogP contribution in [0, 0.1) is 13.8 Å². The number of thiophene rings is 1. The lowest BCUT2D eigenvalue weighted by Crippen LogP contribution is -2.33. The number of hydrogen-bond acceptors (Lipinski definition) is 8. The zero-order valence-electron chi connectivity index (χ0n) is 24.7. The normalized spacial score (nSPS) is 11.6. The highest BCUT2D eigenvalue weighted by Crippen LogP contribution is 2.33. The van der Waals surface area contributed by atoms with Crippen molar-refractivity contribution in [2.75, 3.05) is 11.9 Å². The third-order valence-corrected chi connectivity index (χ3v) is 7.85. The Bertz CT molecular complexity index is 1630. The molecule has 0 aliphatic carbocycles. The van der Waals surface area contributed by atoms with Crippen molar-refractivity contribution in [2.24, 2.45) is 5.10 Å². The Morgan fingerprint density at radius 2 is 1.61 bits per heavy atom. The number of amides is 2. The molecule has 0 bridgehead atoms. The van der Waals surface area contributed by atoms with E-state index in [2.05, 4.69) is 15.8 Å². The molecule has 3 aromatic carbocycles. The molecule has 228 valence electrons. The van der Waals surface area contributed by atoms with Crippen molar-refractivity contribution in [2.45, 2.75) is 40.4 Å². The largest absolute Gasteiger partial charge is 0.489 e. The van der Waals surface area contributed by atoms with Crippen LogP contribution < -0.4 is 20.2 Å². The fourth-order valence-corrected chi connectivity index (χ4v) is 5.11. The fraction of sp³-hybridized carbons (Fsp3) is 0.212. The molecule has 2 amide bonds. The summed E-state index contributed by atoms with van der Waals surface area (Å²) in [6, 6.07) is 21.1. The first-order chi connectivity index (χ1) is 21.1. The second-order valence-electron chi connectivity index (χ2n) is 9.66. The van der Waals surface area contributed by atoms with Crippen LogP contribution in [0.25, 0.3) is 0 Å². The molecule has 9 nitrogen and oxygen atoms in total. The van der Waals surface area contributed by atoms with Crippen molar-refractivity contribution in [1.82, 2.24) is 5.43 Å². The van der Waals surface area contributed by atoms with E-state index in [0.29, 0.717) is 39.3 Å². The molecule has 0 saturated carbocycles. The van der Waals surface area contributed by atoms with Gasteiger partial charge >= 0.3 is 5.97 Å². The number of hydrogen-bond donors (Lipinski definition) is 2. The standard InChI is InChI=1S/C33H32ClN3O6S/c1-5-41-33(40)29-20(2)22(4)44-32(29)36-31(39)25-10-16-28(17-11-25)43-21(3)30(38)37-35-18-23-8-14-27(15-9-23)42-19-24-6-12-26(34)13-7-24/h6-18,21H,5,19H2,1-4H3,(H,36,39)(H,37,38)/b35-18-/t21-/m1/s1. The number of hydrazone groups is 1. The summed E-state index contributed by atoms with van der Waals surface area (Å²) in [5, 5.41) is 7.93. The van der Waals surface area contributed by atoms with Crippen molar-refractivity contribution in [3.63, 3.8) is 0 Å². The molecule has 1 atom stereocenters. The second kappa shape index (κ2) is 15.2. The Kier molecular flexibility index (Phi) is 11.1. The number of nitrogens with zero attached hydrogens (tertiary/aromatic N) is 1. The monoisotopic (exact) mass is 633 g/mol. The van der Waals surface area contributed by atoms with Crippen LogP contribution in [0.4, 0.5) is 5.00 Å². The Balaban J connectivity index is 1.25. The van der Waals surface area contributed by atoms with E-state index in [0.717, 1.165) is 21.6 Å². The zero-order chi connectivity index (χ0) is 31.6. The maximum absolute atomic E-state index is 12.9. The lowest BCUT2D eigenvalue weighted by molar-refractivity contribution is -0.127. The van der Waals surface area contributed by atoms with E-state index in [1.807, 2.05) is 62.4 Å². The van der Waals surface area contributed by atoms with Gasteiger partial charge in [-0.3, -0.25) is 9.59 Å². The van der Waals surface area contributed by atoms with Gasteiger partial charge < -0.3 is 19.5 Å². The molecule has 2 N–H and O–H groups in total. The first kappa shape index (κ1) is 32.2. The predicted molar refractivity (Wildman–Crippen MR) is 172 cm³/mol. The number of esters is 1. The Hall–Kier alpha value is -4.67. The lowest BCUT2D eigenvalue weighted by atomic mass is 10.1. The first-order valence-corrected chi connectivity index (χ1v) is 15.0. The Morgan fingerprint density at radius 1 is 0.955 bits per heavy atom. The highest BCUT2D eigenvalue weighted by atomic mass is 35.5. The van der Waals surface area contributed by atoms with Gasteiger partial charge in [0.25, 0.3) is 11.8 Å². The molecule has 0 aliphatic heterocycles. The summed E-state index contributed by atoms with van der Waals surface area (Å²) in [5.41, 5.74) is 5.74. The van der Waals surface area contributed by atoms with E-state index in [1.165, 1.54) is 17.6 Å². The maximum atomic E-state index is 12.9. The number of aryl methyl sites for hydroxylation is 1. The van der Waals surface area contributed by atoms with Crippen molar-refractivity contribution < 1.29 is 28.6 Å². The molecule has 0 radical (unpaired) electrons. The van der Waals surface area contributed by atoms with Gasteiger partial charge in [0.05, 0.1) is 18.4 Å². The highest BCUT2D eigenvalue weighted by molar-refractivity contribution is 7.16. The van der Waals surface area contributed by atoms with Gasteiger partial charge in [-0.05, 0) is 105 Å². The number of anilines is 1. The van der Waals surface area contributed by atoms with E-state index >= 15 is 0 Å². The molecule has 0 unspecified atom stereocenters. The van der Waals surface area contributed by atoms with E-state index in [-0.39, 0.29) is 12.5 Å². The molecule has 44 heavy (non-hydrogen) atoms. The number of nitrogens with one attached hydrogen (secondary N) is 2. The molecule has 11 heteroatoms. The molecule has 4 rings (SSSR count). The topological polar surface area (TPSA) is 115 Å². The summed E-state index contributed by atoms with van der Waals surface area (Å²) in [6.45, 7) is 7.68. The average molecular weight is 634 g/mol. The summed E-state index contributed by atoms with van der Waals surface area (Å²) in [6.07, 6.45) is 0.671. The first-order valence-electron chi connectivity index (χ1n) is 13.8. The number of carbonyl (C=O) groups is 3. The van der Waals surface area contributed by atoms with Gasteiger partial charge in [-0.1, -0.05) is 23.7 Å². The Labute approximate surface area is 264 Å². The van der Waals surface area contributed by atoms with Crippen LogP contribution in [0.3, 0.4) is 0 Å². The van der Waals surface area contributed by atoms with Gasteiger partial charge in [0.15, 0.2) is 6.10 Å². The number of halogens is 1. The number of rotatable bonds is 12. The minimum Gasteiger partial charge on any atom is -0.489 e. The fourth-order valence-electron chi connectivity index (χ4n) is 3.94. The number of ether oxygens (including phenoxy) is 3. The molecule has 0 fully saturated rings. The van der Waals surface area contributed by atoms with Crippen molar-refractivity contribution in [1.29, 1.82) is 0 Å². The van der Waals surface area contributed by atoms with Crippen LogP contribution >= 0.6 is 22.9 Å². The van der Waals surface area contributed by atoms with E-state index in [1.54, 1.807) is 38.1 Å². The van der Waals surface area contributed by atoms with Crippen LogP contribution in [0.2, 0.25) is 5.02 Å². The smallest absolute Gasteiger partial charge is 0.341 e. The van der Waals surface area contributed by atoms with Gasteiger partial charge in [-0.25, -0.2) is 10.2 Å². The molecule has 0 saturated heterocycles. The SMILES string of the molecule is CCOC(=O)c1c(NC(=O)c2ccc(O[C@H](C)C(=O)N/N=C\c3ccc(OCc4ccc(Cl)cc4)cc3)cc2)sc(C)c1C. The van der Waals surface area contributed by atoms with Gasteiger partial charge in [0.1, 0.15) is 23.1 Å². The minimum atomic E-state index is -0.848. The summed E-state index contributed by atoms with van der Waals surface area (Å²) >= 11 is 7.23. The van der Waals surface area contributed by atoms with Crippen molar-refractivity contribution in [3.8, 4) is 11.5 Å². The maximum Gasteiger partial charge on any atom is 0.341 e. The second-order valence-corrected chi connectivity index (χ2v) is 11.3. The van der Waals surface area contributed by atoms with Gasteiger partial charge in [0, 0.05) is 15.5 Å². The van der Waals surface area contributed by atoms with Gasteiger partial charge in [-0.15, -0.1) is 11.3 Å². The van der Waals surface area contributed by atoms with Crippen molar-refractivity contribution >= 4 is 51.9 Å². The molecule has 1 heterocycles. The molecular weight excluding hydrogens is 602 g/mol. The molecular formula is C33H32ClN3O6S. The average Bonchev–Trinajstić information content (AvgIpc) is 3.29. The summed E-state index contributed by atoms with van der Waals surface area (Å²) in [4.78, 5) is 38.7. The van der Waals surface area contributed by atoms with Crippen molar-refractivity contribution in [3.05, 3.63) is 111 Å². The Morgan fingerprint density at radius 3 is 2.27 bits per heavy atom. The van der Waals surface area contributed by atoms with Crippen LogP contribution in [-0.2, 0) is 16.1 Å². The van der Waals surface area contributed by atoms with Gasteiger partial charge in [0.2, 0.25) is 0 Å². The molecule has 4 aromatic rings. The lowest BCUT2D eigenvalue weighted by Gasteiger charge is -2.13. The van der Waals surface area contributed by atoms with E-state index in [9.17, 15) is 14.4 Å². The minimum absolute atomic E-state index is 0.238. The summed E-state index contributed by atoms with van der Waals surface area (Å²) in [5.74, 6) is -0.202. The number of benzene rings is 3. The summed E-state index contributed by atoms with van der Waals surface area (Å²) < 4.78 is 16.6. The molecule has 1 aromatic heterocycles. The highest BCUT2D eigenvalue weighted by Gasteiger charge is 2.22. The van der Waals surface area contributed by atoms with Crippen LogP contribution in [0.1, 0.15) is 56.1 Å². The number of carbonyl (C=O) groups excluding carboxylic acids is 3. The van der Waals surface area contributed by atoms with E-state index < -0.39 is 18.0 Å². The van der Waals surface area contributed by atoms with E-state index in [4.69, 9.17) is 25.8 Å². The third kappa shape index (κ3) is 8.68. The quantitative estimate of drug-likeness (QED) is 0.0992. The van der Waals surface area contributed by atoms with Gasteiger partial charge in [-0.2, -0.15) is 5.10 Å². The summed E-state index contributed by atoms with van der Waals surface area (Å²) in [7, 11) is 0. The van der Waals surface area contributed by atoms with Crippen LogP contribution in [0.15, 0.2) is 77.9 Å². The van der Waals surface area contributed by atoms with Crippen LogP contribution in [0.5, 0.6) is 11.5 Å². The molecule has 0 spiro atoms. The third-order valence-electron chi connectivity index (χ3n) is 6.48. The zero-order valence-corrected chi connectivity index (χ0v) is 26.3.